The summed E-state index contributed by atoms with van der Waals surface area (Å²) in [4.78, 5) is 30.7. The van der Waals surface area contributed by atoms with Crippen LogP contribution >= 0.6 is 11.6 Å². The van der Waals surface area contributed by atoms with Gasteiger partial charge in [0.2, 0.25) is 5.88 Å². The lowest BCUT2D eigenvalue weighted by molar-refractivity contribution is 0.0521. The molecule has 0 spiro atoms. The smallest absolute Gasteiger partial charge is 0.329 e. The topological polar surface area (TPSA) is 124 Å². The van der Waals surface area contributed by atoms with Crippen LogP contribution < -0.4 is 19.9 Å². The Hall–Kier alpha value is -3.47. The molecule has 2 atom stereocenters. The summed E-state index contributed by atoms with van der Waals surface area (Å²) in [5, 5.41) is 21.8. The van der Waals surface area contributed by atoms with Gasteiger partial charge in [0.15, 0.2) is 5.82 Å². The second-order valence-electron chi connectivity index (χ2n) is 8.54. The van der Waals surface area contributed by atoms with Crippen molar-refractivity contribution in [2.24, 2.45) is 0 Å². The molecule has 2 bridgehead atoms. The number of carbonyl (C=O) groups is 1. The van der Waals surface area contributed by atoms with Crippen molar-refractivity contribution in [3.05, 3.63) is 53.3 Å². The van der Waals surface area contributed by atoms with Crippen LogP contribution in [-0.2, 0) is 0 Å². The van der Waals surface area contributed by atoms with Crippen LogP contribution in [0.15, 0.2) is 42.6 Å². The van der Waals surface area contributed by atoms with Crippen molar-refractivity contribution in [3.63, 3.8) is 0 Å². The predicted octanol–water partition coefficient (Wildman–Crippen LogP) is 2.86. The number of amides is 2. The van der Waals surface area contributed by atoms with Crippen molar-refractivity contribution < 1.29 is 19.7 Å². The Bertz CT molecular complexity index is 1260. The van der Waals surface area contributed by atoms with Gasteiger partial charge in [-0.2, -0.15) is 4.98 Å². The standard InChI is InChI=1S/C24H25ClN6O4/c1-14-9-15(5-7-26-14)22-18(25)10-19-23(29-22)31(16-6-8-30(19)11-16)24(34)28-20-3-2-4-21(27-20)35-13-17(33)12-32/h2-5,7,9-10,16-17,32-33H,6,8,11-13H2,1H3,(H,27,28,34)/t16-,17+/m0/s1. The molecule has 0 saturated carbocycles. The van der Waals surface area contributed by atoms with Crippen molar-refractivity contribution in [1.29, 1.82) is 0 Å². The summed E-state index contributed by atoms with van der Waals surface area (Å²) in [5.74, 6) is 1.07. The molecule has 1 saturated heterocycles. The van der Waals surface area contributed by atoms with Gasteiger partial charge in [0.25, 0.3) is 0 Å². The normalized spacial score (nSPS) is 17.2. The molecule has 0 aromatic carbocycles. The summed E-state index contributed by atoms with van der Waals surface area (Å²) in [6.45, 7) is 2.88. The van der Waals surface area contributed by atoms with E-state index in [-0.39, 0.29) is 24.6 Å². The maximum Gasteiger partial charge on any atom is 0.329 e. The summed E-state index contributed by atoms with van der Waals surface area (Å²) in [5.41, 5.74) is 3.08. The summed E-state index contributed by atoms with van der Waals surface area (Å²) in [7, 11) is 0. The number of ether oxygens (including phenoxy) is 1. The fourth-order valence-corrected chi connectivity index (χ4v) is 4.60. The number of hydrogen-bond donors (Lipinski definition) is 3. The third kappa shape index (κ3) is 4.72. The van der Waals surface area contributed by atoms with Gasteiger partial charge in [-0.25, -0.2) is 9.78 Å². The van der Waals surface area contributed by atoms with Gasteiger partial charge in [-0.05, 0) is 37.6 Å². The maximum atomic E-state index is 13.5. The minimum absolute atomic E-state index is 0.0395. The summed E-state index contributed by atoms with van der Waals surface area (Å²) in [6.07, 6.45) is 1.50. The van der Waals surface area contributed by atoms with Crippen LogP contribution in [0.5, 0.6) is 5.88 Å². The number of halogens is 1. The molecule has 35 heavy (non-hydrogen) atoms. The monoisotopic (exact) mass is 496 g/mol. The van der Waals surface area contributed by atoms with Crippen LogP contribution in [0.25, 0.3) is 11.3 Å². The van der Waals surface area contributed by atoms with Crippen molar-refractivity contribution >= 4 is 35.0 Å². The number of urea groups is 1. The lowest BCUT2D eigenvalue weighted by Crippen LogP contribution is -2.48. The third-order valence-electron chi connectivity index (χ3n) is 6.02. The number of aliphatic hydroxyl groups is 2. The van der Waals surface area contributed by atoms with E-state index in [1.807, 2.05) is 25.1 Å². The van der Waals surface area contributed by atoms with Gasteiger partial charge in [0, 0.05) is 36.6 Å². The van der Waals surface area contributed by atoms with Crippen LogP contribution in [0.2, 0.25) is 5.02 Å². The first kappa shape index (κ1) is 23.3. The van der Waals surface area contributed by atoms with Crippen LogP contribution in [0.4, 0.5) is 22.1 Å². The molecule has 0 unspecified atom stereocenters. The van der Waals surface area contributed by atoms with E-state index in [1.165, 1.54) is 0 Å². The predicted molar refractivity (Wildman–Crippen MR) is 132 cm³/mol. The first-order chi connectivity index (χ1) is 16.9. The molecule has 1 fully saturated rings. The number of fused-ring (bicyclic) bond motifs is 4. The Balaban J connectivity index is 1.44. The zero-order chi connectivity index (χ0) is 24.5. The number of aryl methyl sites for hydroxylation is 1. The van der Waals surface area contributed by atoms with Gasteiger partial charge < -0.3 is 19.8 Å². The van der Waals surface area contributed by atoms with Gasteiger partial charge in [0.05, 0.1) is 29.1 Å². The summed E-state index contributed by atoms with van der Waals surface area (Å²) >= 11 is 6.63. The average molecular weight is 497 g/mol. The molecule has 2 amide bonds. The van der Waals surface area contributed by atoms with E-state index >= 15 is 0 Å². The number of nitrogens with one attached hydrogen (secondary N) is 1. The highest BCUT2D eigenvalue weighted by molar-refractivity contribution is 6.33. The molecule has 3 aromatic heterocycles. The second-order valence-corrected chi connectivity index (χ2v) is 8.95. The highest BCUT2D eigenvalue weighted by Crippen LogP contribution is 2.43. The summed E-state index contributed by atoms with van der Waals surface area (Å²) < 4.78 is 5.39. The van der Waals surface area contributed by atoms with E-state index in [0.717, 1.165) is 29.9 Å². The number of aliphatic hydroxyl groups excluding tert-OH is 2. The van der Waals surface area contributed by atoms with E-state index in [9.17, 15) is 9.90 Å². The Labute approximate surface area is 207 Å². The van der Waals surface area contributed by atoms with Crippen molar-refractivity contribution in [1.82, 2.24) is 15.0 Å². The molecular formula is C24H25ClN6O4. The molecule has 3 aromatic rings. The zero-order valence-electron chi connectivity index (χ0n) is 19.1. The van der Waals surface area contributed by atoms with Gasteiger partial charge in [-0.15, -0.1) is 0 Å². The first-order valence-corrected chi connectivity index (χ1v) is 11.7. The van der Waals surface area contributed by atoms with Crippen molar-refractivity contribution in [3.8, 4) is 17.1 Å². The van der Waals surface area contributed by atoms with Crippen LogP contribution in [-0.4, -0.2) is 69.6 Å². The van der Waals surface area contributed by atoms with Crippen molar-refractivity contribution in [2.75, 3.05) is 41.4 Å². The highest BCUT2D eigenvalue weighted by atomic mass is 35.5. The molecule has 182 valence electrons. The average Bonchev–Trinajstić information content (AvgIpc) is 3.27. The second kappa shape index (κ2) is 9.65. The Morgan fingerprint density at radius 3 is 2.97 bits per heavy atom. The van der Waals surface area contributed by atoms with E-state index in [4.69, 9.17) is 26.4 Å². The SMILES string of the molecule is Cc1cc(-c2nc3c(cc2Cl)N2CC[C@@H](C2)N3C(=O)Nc2cccc(OC[C@H](O)CO)n2)ccn1. The fraction of sp³-hybridized carbons (Fsp3) is 0.333. The largest absolute Gasteiger partial charge is 0.475 e. The van der Waals surface area contributed by atoms with Crippen LogP contribution in [0.3, 0.4) is 0 Å². The van der Waals surface area contributed by atoms with Crippen LogP contribution in [0, 0.1) is 6.92 Å². The number of pyridine rings is 3. The Kier molecular flexibility index (Phi) is 6.42. The molecule has 2 aliphatic heterocycles. The molecule has 5 heterocycles. The van der Waals surface area contributed by atoms with Gasteiger partial charge >= 0.3 is 6.03 Å². The molecule has 11 heteroatoms. The molecule has 3 N–H and O–H groups in total. The van der Waals surface area contributed by atoms with Crippen molar-refractivity contribution in [2.45, 2.75) is 25.5 Å². The Morgan fingerprint density at radius 1 is 1.31 bits per heavy atom. The molecule has 0 aliphatic carbocycles. The zero-order valence-corrected chi connectivity index (χ0v) is 19.8. The number of carbonyl (C=O) groups excluding carboxylic acids is 1. The minimum Gasteiger partial charge on any atom is -0.475 e. The van der Waals surface area contributed by atoms with Gasteiger partial charge in [-0.3, -0.25) is 15.2 Å². The number of hydrogen-bond acceptors (Lipinski definition) is 8. The highest BCUT2D eigenvalue weighted by Gasteiger charge is 2.41. The lowest BCUT2D eigenvalue weighted by atomic mass is 10.1. The summed E-state index contributed by atoms with van der Waals surface area (Å²) in [6, 6.07) is 10.2. The van der Waals surface area contributed by atoms with Gasteiger partial charge in [-0.1, -0.05) is 17.7 Å². The third-order valence-corrected chi connectivity index (χ3v) is 6.30. The number of nitrogens with zero attached hydrogens (tertiary/aromatic N) is 5. The number of rotatable bonds is 6. The van der Waals surface area contributed by atoms with E-state index in [0.29, 0.717) is 28.9 Å². The van der Waals surface area contributed by atoms with E-state index in [2.05, 4.69) is 20.2 Å². The Morgan fingerprint density at radius 2 is 2.17 bits per heavy atom. The molecular weight excluding hydrogens is 472 g/mol. The number of anilines is 3. The molecule has 5 rings (SSSR count). The first-order valence-electron chi connectivity index (χ1n) is 11.3. The fourth-order valence-electron chi connectivity index (χ4n) is 4.35. The number of aromatic nitrogens is 3. The molecule has 2 aliphatic rings. The van der Waals surface area contributed by atoms with E-state index < -0.39 is 12.7 Å². The maximum absolute atomic E-state index is 13.5. The molecule has 0 radical (unpaired) electrons. The molecule has 10 nitrogen and oxygen atoms in total. The van der Waals surface area contributed by atoms with Crippen LogP contribution in [0.1, 0.15) is 12.1 Å². The van der Waals surface area contributed by atoms with E-state index in [1.54, 1.807) is 29.3 Å². The van der Waals surface area contributed by atoms with Gasteiger partial charge in [0.1, 0.15) is 18.5 Å². The lowest BCUT2D eigenvalue weighted by Gasteiger charge is -2.36. The minimum atomic E-state index is -1.01. The quantitative estimate of drug-likeness (QED) is 0.476.